The molecule has 422 valence electrons. The summed E-state index contributed by atoms with van der Waals surface area (Å²) in [6.07, 6.45) is 4.23. The number of carbonyl (C=O) groups is 8. The topological polar surface area (TPSA) is 421 Å². The highest BCUT2D eigenvalue weighted by Gasteiger charge is 2.42. The Morgan fingerprint density at radius 1 is 0.693 bits per heavy atom. The van der Waals surface area contributed by atoms with E-state index < -0.39 is 72.8 Å². The van der Waals surface area contributed by atoms with Crippen molar-refractivity contribution in [2.75, 3.05) is 91.4 Å². The number of hydrogen-bond acceptors (Lipinski definition) is 17. The Morgan fingerprint density at radius 2 is 1.32 bits per heavy atom. The minimum atomic E-state index is -1.63. The van der Waals surface area contributed by atoms with Crippen molar-refractivity contribution in [2.45, 2.75) is 112 Å². The molecule has 0 aromatic heterocycles. The maximum atomic E-state index is 13.5. The van der Waals surface area contributed by atoms with Gasteiger partial charge in [0.05, 0.1) is 78.1 Å². The molecule has 2 aliphatic heterocycles. The number of rotatable bonds is 41. The molecule has 0 spiro atoms. The van der Waals surface area contributed by atoms with Gasteiger partial charge in [-0.1, -0.05) is 18.6 Å². The van der Waals surface area contributed by atoms with Crippen LogP contribution in [0.2, 0.25) is 0 Å². The molecule has 0 aliphatic carbocycles. The number of nitrogens with two attached hydrogens (primary N) is 3. The normalized spacial score (nSPS) is 17.2. The average molecular weight is 1080 g/mol. The number of phenols is 1. The number of aliphatic hydroxyl groups is 1. The van der Waals surface area contributed by atoms with E-state index in [1.54, 1.807) is 0 Å². The van der Waals surface area contributed by atoms with Crippen LogP contribution in [0, 0.1) is 0 Å². The van der Waals surface area contributed by atoms with E-state index in [1.807, 2.05) is 11.8 Å². The van der Waals surface area contributed by atoms with Crippen LogP contribution in [0.15, 0.2) is 29.3 Å². The molecule has 0 radical (unpaired) electrons. The van der Waals surface area contributed by atoms with E-state index in [1.165, 1.54) is 24.3 Å². The van der Waals surface area contributed by atoms with E-state index in [4.69, 9.17) is 36.1 Å². The maximum Gasteiger partial charge on any atom is 0.326 e. The summed E-state index contributed by atoms with van der Waals surface area (Å²) < 4.78 is 22.0. The van der Waals surface area contributed by atoms with E-state index in [-0.39, 0.29) is 94.2 Å². The van der Waals surface area contributed by atoms with Gasteiger partial charge in [-0.2, -0.15) is 11.8 Å². The van der Waals surface area contributed by atoms with Crippen molar-refractivity contribution in [3.63, 3.8) is 0 Å². The molecule has 0 unspecified atom stereocenters. The number of phenolic OH excluding ortho intramolecular Hbond substituents is 1. The van der Waals surface area contributed by atoms with Crippen molar-refractivity contribution < 1.29 is 72.6 Å². The monoisotopic (exact) mass is 1080 g/mol. The maximum absolute atomic E-state index is 13.5. The lowest BCUT2D eigenvalue weighted by molar-refractivity contribution is -0.142. The number of guanidine groups is 1. The fraction of sp³-hybridized carbons (Fsp3) is 0.681. The van der Waals surface area contributed by atoms with Gasteiger partial charge in [0, 0.05) is 43.4 Å². The third-order valence-corrected chi connectivity index (χ3v) is 13.2. The highest BCUT2D eigenvalue weighted by Crippen LogP contribution is 2.33. The number of hydrogen-bond donors (Lipinski definition) is 14. The molecule has 2 aliphatic rings. The minimum absolute atomic E-state index is 0.0187. The second kappa shape index (κ2) is 36.8. The van der Waals surface area contributed by atoms with Crippen molar-refractivity contribution in [1.82, 2.24) is 42.5 Å². The fourth-order valence-electron chi connectivity index (χ4n) is 7.69. The van der Waals surface area contributed by atoms with Crippen LogP contribution in [0.25, 0.3) is 0 Å². The van der Waals surface area contributed by atoms with Crippen molar-refractivity contribution in [2.24, 2.45) is 22.2 Å². The first-order chi connectivity index (χ1) is 36.1. The molecule has 2 saturated heterocycles. The van der Waals surface area contributed by atoms with Gasteiger partial charge in [-0.15, -0.1) is 0 Å². The number of unbranched alkanes of at least 4 members (excludes halogenated alkanes) is 2. The summed E-state index contributed by atoms with van der Waals surface area (Å²) in [6, 6.07) is 0.512. The number of urea groups is 1. The summed E-state index contributed by atoms with van der Waals surface area (Å²) in [5.41, 5.74) is 16.7. The van der Waals surface area contributed by atoms with Crippen molar-refractivity contribution in [1.29, 1.82) is 0 Å². The number of thioether (sulfide) groups is 1. The van der Waals surface area contributed by atoms with Crippen molar-refractivity contribution in [3.8, 4) is 5.75 Å². The fourth-order valence-corrected chi connectivity index (χ4v) is 9.24. The Labute approximate surface area is 440 Å². The number of amides is 8. The van der Waals surface area contributed by atoms with Gasteiger partial charge in [0.1, 0.15) is 29.9 Å². The van der Waals surface area contributed by atoms with Gasteiger partial charge >= 0.3 is 12.0 Å². The van der Waals surface area contributed by atoms with Gasteiger partial charge < -0.3 is 94.0 Å². The zero-order valence-corrected chi connectivity index (χ0v) is 43.2. The lowest BCUT2D eigenvalue weighted by Crippen LogP contribution is -2.58. The molecule has 27 nitrogen and oxygen atoms in total. The van der Waals surface area contributed by atoms with Crippen LogP contribution in [0.1, 0.15) is 69.8 Å². The number of aliphatic hydroxyl groups excluding tert-OH is 1. The Hall–Kier alpha value is -6.04. The second-order valence-electron chi connectivity index (χ2n) is 17.6. The molecule has 17 N–H and O–H groups in total. The summed E-state index contributed by atoms with van der Waals surface area (Å²) in [7, 11) is 0. The number of ether oxygens (including phenoxy) is 4. The Balaban J connectivity index is 1.30. The number of aliphatic imine (C=N–C) groups is 1. The third kappa shape index (κ3) is 26.8. The first-order valence-electron chi connectivity index (χ1n) is 25.2. The highest BCUT2D eigenvalue weighted by atomic mass is 32.2. The predicted octanol–water partition coefficient (Wildman–Crippen LogP) is -3.45. The van der Waals surface area contributed by atoms with E-state index >= 15 is 0 Å². The lowest BCUT2D eigenvalue weighted by Gasteiger charge is -2.24. The molecule has 75 heavy (non-hydrogen) atoms. The smallest absolute Gasteiger partial charge is 0.326 e. The van der Waals surface area contributed by atoms with Crippen LogP contribution in [-0.4, -0.2) is 202 Å². The molecular weight excluding hydrogens is 1000 g/mol. The molecule has 2 heterocycles. The summed E-state index contributed by atoms with van der Waals surface area (Å²) in [4.78, 5) is 105. The lowest BCUT2D eigenvalue weighted by atomic mass is 10.0. The van der Waals surface area contributed by atoms with Crippen LogP contribution >= 0.6 is 11.8 Å². The first-order valence-corrected chi connectivity index (χ1v) is 26.2. The van der Waals surface area contributed by atoms with E-state index in [9.17, 15) is 53.7 Å². The highest BCUT2D eigenvalue weighted by molar-refractivity contribution is 8.00. The van der Waals surface area contributed by atoms with E-state index in [0.29, 0.717) is 76.2 Å². The molecule has 7 atom stereocenters. The van der Waals surface area contributed by atoms with Crippen LogP contribution in [0.4, 0.5) is 4.79 Å². The molecule has 0 bridgehead atoms. The van der Waals surface area contributed by atoms with Gasteiger partial charge in [-0.05, 0) is 69.2 Å². The largest absolute Gasteiger partial charge is 0.508 e. The molecule has 1 aromatic carbocycles. The quantitative estimate of drug-likeness (QED) is 0.0131. The number of fused-ring (bicyclic) bond motifs is 1. The van der Waals surface area contributed by atoms with Crippen LogP contribution < -0.4 is 59.7 Å². The van der Waals surface area contributed by atoms with Gasteiger partial charge in [-0.25, -0.2) is 9.59 Å². The zero-order chi connectivity index (χ0) is 54.8. The molecule has 1 aromatic rings. The summed E-state index contributed by atoms with van der Waals surface area (Å²) >= 11 is 1.87. The number of aromatic hydroxyl groups is 1. The molecule has 28 heteroatoms. The molecular formula is C47H78N12O15S. The number of carbonyl (C=O) groups excluding carboxylic acids is 7. The SMILES string of the molecule is NCCCC[C@H](NC(=O)CCOCCOCCOCCOCCNC(=O)CCCC[C@@H]1SC[C@@H]2NC(=O)N[C@@H]21)C(=O)NCC(=O)N[C@@H](Cc1ccc(O)cc1)C(=O)N[C@@H](CO)C(=O)N[C@@H](CCCN=C(N)N)C(=O)O. The average Bonchev–Trinajstić information content (AvgIpc) is 3.94. The summed E-state index contributed by atoms with van der Waals surface area (Å²) in [5.74, 6) is -4.67. The van der Waals surface area contributed by atoms with Crippen LogP contribution in [-0.2, 0) is 58.9 Å². The summed E-state index contributed by atoms with van der Waals surface area (Å²) in [5, 5.41) is 50.7. The predicted molar refractivity (Wildman–Crippen MR) is 275 cm³/mol. The van der Waals surface area contributed by atoms with Gasteiger partial charge in [0.2, 0.25) is 35.4 Å². The molecule has 3 rings (SSSR count). The first kappa shape index (κ1) is 63.3. The van der Waals surface area contributed by atoms with Gasteiger partial charge in [0.15, 0.2) is 5.96 Å². The van der Waals surface area contributed by atoms with Crippen molar-refractivity contribution in [3.05, 3.63) is 29.8 Å². The third-order valence-electron chi connectivity index (χ3n) is 11.7. The number of aliphatic carboxylic acids is 1. The Kier molecular flexibility index (Phi) is 31.1. The van der Waals surface area contributed by atoms with Crippen molar-refractivity contribution >= 4 is 65.2 Å². The van der Waals surface area contributed by atoms with Gasteiger partial charge in [0.25, 0.3) is 0 Å². The number of nitrogens with one attached hydrogen (secondary N) is 8. The standard InChI is InChI=1S/C47H78N12O15S/c48-15-4-3-6-32(54-39(63)14-18-71-20-22-73-24-25-74-23-21-72-19-17-51-38(62)9-2-1-8-37-41-36(29-75-37)58-47(70)59-41)42(65)53-27-40(64)55-34(26-30-10-12-31(61)13-11-30)43(66)57-35(28-60)44(67)56-33(45(68)69)7-5-16-52-46(49)50/h10-13,32-37,41,60-61H,1-9,14-29,48H2,(H,51,62)(H,53,65)(H,54,63)(H,55,64)(H,56,67)(H,57,66)(H,68,69)(H4,49,50,52)(H2,58,59,70)/t32-,33-,34-,35-,36-,37-,41-/m0/s1. The van der Waals surface area contributed by atoms with E-state index in [0.717, 1.165) is 25.0 Å². The minimum Gasteiger partial charge on any atom is -0.508 e. The molecule has 0 saturated carbocycles. The molecule has 8 amide bonds. The Morgan fingerprint density at radius 3 is 1.97 bits per heavy atom. The van der Waals surface area contributed by atoms with E-state index in [2.05, 4.69) is 47.5 Å². The number of carboxylic acids is 1. The number of benzene rings is 1. The summed E-state index contributed by atoms with van der Waals surface area (Å²) in [6.45, 7) is 1.46. The number of carboxylic acid groups (broad SMARTS) is 1. The zero-order valence-electron chi connectivity index (χ0n) is 42.4. The van der Waals surface area contributed by atoms with Crippen LogP contribution in [0.3, 0.4) is 0 Å². The van der Waals surface area contributed by atoms with Gasteiger partial charge in [-0.3, -0.25) is 33.8 Å². The number of nitrogens with zero attached hydrogens (tertiary/aromatic N) is 1. The Bertz CT molecular complexity index is 1970. The molecule has 2 fully saturated rings. The van der Waals surface area contributed by atoms with Crippen LogP contribution in [0.5, 0.6) is 5.75 Å². The second-order valence-corrected chi connectivity index (χ2v) is 18.9.